The average molecular weight is 370 g/mol. The van der Waals surface area contributed by atoms with E-state index in [-0.39, 0.29) is 18.1 Å². The average Bonchev–Trinajstić information content (AvgIpc) is 2.69. The molecule has 0 bridgehead atoms. The first-order valence-electron chi connectivity index (χ1n) is 8.83. The van der Waals surface area contributed by atoms with E-state index in [0.29, 0.717) is 17.2 Å². The van der Waals surface area contributed by atoms with Gasteiger partial charge in [-0.3, -0.25) is 19.7 Å². The Morgan fingerprint density at radius 2 is 1.96 bits per heavy atom. The summed E-state index contributed by atoms with van der Waals surface area (Å²) in [7, 11) is 1.53. The molecule has 1 saturated heterocycles. The van der Waals surface area contributed by atoms with Crippen molar-refractivity contribution in [3.05, 3.63) is 42.1 Å². The number of ether oxygens (including phenoxy) is 1. The molecule has 1 N–H and O–H groups in total. The van der Waals surface area contributed by atoms with Crippen LogP contribution < -0.4 is 0 Å². The van der Waals surface area contributed by atoms with Crippen LogP contribution in [0.5, 0.6) is 0 Å². The molecule has 2 aromatic rings. The monoisotopic (exact) mass is 370 g/mol. The highest BCUT2D eigenvalue weighted by Gasteiger charge is 2.23. The van der Waals surface area contributed by atoms with Gasteiger partial charge in [-0.25, -0.2) is 4.79 Å². The predicted octanol–water partition coefficient (Wildman–Crippen LogP) is 1.66. The van der Waals surface area contributed by atoms with E-state index in [1.165, 1.54) is 19.4 Å². The second kappa shape index (κ2) is 8.68. The van der Waals surface area contributed by atoms with Crippen LogP contribution in [0.4, 0.5) is 0 Å². The molecule has 0 saturated carbocycles. The number of carboxylic acids is 1. The number of rotatable bonds is 6. The molecule has 3 heterocycles. The molecule has 8 nitrogen and oxygen atoms in total. The summed E-state index contributed by atoms with van der Waals surface area (Å²) in [6.07, 6.45) is 8.93. The molecule has 142 valence electrons. The van der Waals surface area contributed by atoms with Crippen LogP contribution in [0.25, 0.3) is 11.3 Å². The molecule has 1 aliphatic heterocycles. The number of pyridine rings is 1. The maximum absolute atomic E-state index is 11.8. The van der Waals surface area contributed by atoms with Crippen LogP contribution in [-0.4, -0.2) is 63.6 Å². The van der Waals surface area contributed by atoms with E-state index >= 15 is 0 Å². The number of nitrogens with zero attached hydrogens (tertiary/aromatic N) is 4. The van der Waals surface area contributed by atoms with E-state index in [0.717, 1.165) is 38.0 Å². The molecule has 0 spiro atoms. The van der Waals surface area contributed by atoms with Crippen molar-refractivity contribution in [1.82, 2.24) is 19.9 Å². The van der Waals surface area contributed by atoms with Gasteiger partial charge in [0, 0.05) is 44.4 Å². The molecule has 3 rings (SSSR count). The summed E-state index contributed by atoms with van der Waals surface area (Å²) in [5.41, 5.74) is 2.23. The summed E-state index contributed by atoms with van der Waals surface area (Å²) in [6, 6.07) is 1.53. The van der Waals surface area contributed by atoms with Gasteiger partial charge in [0.2, 0.25) is 5.91 Å². The number of carbonyl (C=O) groups is 2. The van der Waals surface area contributed by atoms with E-state index in [1.54, 1.807) is 18.6 Å². The fourth-order valence-corrected chi connectivity index (χ4v) is 3.20. The first-order valence-corrected chi connectivity index (χ1v) is 8.83. The van der Waals surface area contributed by atoms with Gasteiger partial charge < -0.3 is 14.7 Å². The number of aromatic nitrogens is 3. The van der Waals surface area contributed by atoms with Crippen molar-refractivity contribution in [3.63, 3.8) is 0 Å². The van der Waals surface area contributed by atoms with E-state index in [4.69, 9.17) is 9.84 Å². The molecule has 2 aromatic heterocycles. The van der Waals surface area contributed by atoms with Crippen LogP contribution in [0.3, 0.4) is 0 Å². The largest absolute Gasteiger partial charge is 0.478 e. The quantitative estimate of drug-likeness (QED) is 0.824. The van der Waals surface area contributed by atoms with Gasteiger partial charge >= 0.3 is 5.97 Å². The van der Waals surface area contributed by atoms with Gasteiger partial charge in [-0.2, -0.15) is 0 Å². The Kier molecular flexibility index (Phi) is 6.08. The molecule has 8 heteroatoms. The Morgan fingerprint density at radius 3 is 2.59 bits per heavy atom. The van der Waals surface area contributed by atoms with Crippen LogP contribution in [-0.2, 0) is 16.0 Å². The highest BCUT2D eigenvalue weighted by atomic mass is 16.5. The maximum Gasteiger partial charge on any atom is 0.337 e. The summed E-state index contributed by atoms with van der Waals surface area (Å²) in [4.78, 5) is 37.6. The molecular weight excluding hydrogens is 348 g/mol. The number of carbonyl (C=O) groups excluding carboxylic acids is 1. The lowest BCUT2D eigenvalue weighted by Gasteiger charge is -2.31. The Hall–Kier alpha value is -2.87. The summed E-state index contributed by atoms with van der Waals surface area (Å²) in [6.45, 7) is 1.62. The Balaban J connectivity index is 1.58. The minimum atomic E-state index is -1.02. The topological polar surface area (TPSA) is 106 Å². The molecule has 0 atom stereocenters. The zero-order valence-corrected chi connectivity index (χ0v) is 15.2. The van der Waals surface area contributed by atoms with Crippen LogP contribution in [0.1, 0.15) is 28.9 Å². The SMILES string of the molecule is COCC(=O)N1CCC(Cc2cnc(-c3cncc(C(=O)O)c3)cn2)CC1. The molecule has 0 unspecified atom stereocenters. The minimum Gasteiger partial charge on any atom is -0.478 e. The third kappa shape index (κ3) is 4.85. The van der Waals surface area contributed by atoms with Gasteiger partial charge in [-0.1, -0.05) is 0 Å². The van der Waals surface area contributed by atoms with Crippen molar-refractivity contribution in [3.8, 4) is 11.3 Å². The Labute approximate surface area is 157 Å². The van der Waals surface area contributed by atoms with E-state index in [1.807, 2.05) is 4.90 Å². The maximum atomic E-state index is 11.8. The highest BCUT2D eigenvalue weighted by Crippen LogP contribution is 2.22. The number of amides is 1. The van der Waals surface area contributed by atoms with Crippen LogP contribution in [0.15, 0.2) is 30.9 Å². The van der Waals surface area contributed by atoms with Gasteiger partial charge in [-0.15, -0.1) is 0 Å². The first-order chi connectivity index (χ1) is 13.1. The molecule has 0 aromatic carbocycles. The second-order valence-corrected chi connectivity index (χ2v) is 6.62. The first kappa shape index (κ1) is 18.9. The minimum absolute atomic E-state index is 0.0392. The van der Waals surface area contributed by atoms with Gasteiger partial charge in [-0.05, 0) is 31.2 Å². The Bertz CT molecular complexity index is 802. The van der Waals surface area contributed by atoms with Crippen molar-refractivity contribution in [1.29, 1.82) is 0 Å². The van der Waals surface area contributed by atoms with Crippen molar-refractivity contribution in [2.75, 3.05) is 26.8 Å². The molecule has 27 heavy (non-hydrogen) atoms. The normalized spacial score (nSPS) is 14.9. The number of hydrogen-bond donors (Lipinski definition) is 1. The van der Waals surface area contributed by atoms with Crippen molar-refractivity contribution in [2.24, 2.45) is 5.92 Å². The fourth-order valence-electron chi connectivity index (χ4n) is 3.20. The third-order valence-corrected chi connectivity index (χ3v) is 4.72. The molecule has 1 aliphatic rings. The summed E-state index contributed by atoms with van der Waals surface area (Å²) in [5.74, 6) is -0.518. The third-order valence-electron chi connectivity index (χ3n) is 4.72. The number of likely N-dealkylation sites (tertiary alicyclic amines) is 1. The van der Waals surface area contributed by atoms with Crippen molar-refractivity contribution < 1.29 is 19.4 Å². The molecule has 1 fully saturated rings. The van der Waals surface area contributed by atoms with Gasteiger partial charge in [0.25, 0.3) is 0 Å². The van der Waals surface area contributed by atoms with Crippen molar-refractivity contribution in [2.45, 2.75) is 19.3 Å². The number of hydrogen-bond acceptors (Lipinski definition) is 6. The lowest BCUT2D eigenvalue weighted by atomic mass is 9.92. The molecular formula is C19H22N4O4. The lowest BCUT2D eigenvalue weighted by Crippen LogP contribution is -2.40. The van der Waals surface area contributed by atoms with Crippen LogP contribution in [0, 0.1) is 5.92 Å². The van der Waals surface area contributed by atoms with E-state index in [9.17, 15) is 9.59 Å². The smallest absolute Gasteiger partial charge is 0.337 e. The van der Waals surface area contributed by atoms with Crippen molar-refractivity contribution >= 4 is 11.9 Å². The predicted molar refractivity (Wildman–Crippen MR) is 97.1 cm³/mol. The molecule has 0 aliphatic carbocycles. The van der Waals surface area contributed by atoms with E-state index < -0.39 is 5.97 Å². The fraction of sp³-hybridized carbons (Fsp3) is 0.421. The van der Waals surface area contributed by atoms with Crippen LogP contribution in [0.2, 0.25) is 0 Å². The highest BCUT2D eigenvalue weighted by molar-refractivity contribution is 5.88. The van der Waals surface area contributed by atoms with Gasteiger partial charge in [0.15, 0.2) is 0 Å². The number of piperidine rings is 1. The lowest BCUT2D eigenvalue weighted by molar-refractivity contribution is -0.136. The zero-order valence-electron chi connectivity index (χ0n) is 15.2. The number of aromatic carboxylic acids is 1. The zero-order chi connectivity index (χ0) is 19.2. The summed E-state index contributed by atoms with van der Waals surface area (Å²) >= 11 is 0. The Morgan fingerprint density at radius 1 is 1.19 bits per heavy atom. The van der Waals surface area contributed by atoms with Crippen LogP contribution >= 0.6 is 0 Å². The molecule has 1 amide bonds. The summed E-state index contributed by atoms with van der Waals surface area (Å²) < 4.78 is 4.90. The number of methoxy groups -OCH3 is 1. The van der Waals surface area contributed by atoms with E-state index in [2.05, 4.69) is 15.0 Å². The van der Waals surface area contributed by atoms with Gasteiger partial charge in [0.05, 0.1) is 23.1 Å². The standard InChI is InChI=1S/C19H22N4O4/c1-27-12-18(24)23-4-2-13(3-5-23)6-16-10-22-17(11-21-16)14-7-15(19(25)26)9-20-8-14/h7-11,13H,2-6,12H2,1H3,(H,25,26). The number of carboxylic acid groups (broad SMARTS) is 1. The van der Waals surface area contributed by atoms with Gasteiger partial charge in [0.1, 0.15) is 6.61 Å². The summed E-state index contributed by atoms with van der Waals surface area (Å²) in [5, 5.41) is 9.06. The second-order valence-electron chi connectivity index (χ2n) is 6.62. The molecule has 0 radical (unpaired) electrons.